The lowest BCUT2D eigenvalue weighted by Gasteiger charge is -2.12. The molecular formula is C17H22FNOS. The van der Waals surface area contributed by atoms with Gasteiger partial charge in [-0.1, -0.05) is 29.8 Å². The van der Waals surface area contributed by atoms with Gasteiger partial charge in [-0.25, -0.2) is 4.39 Å². The number of hydrogen-bond acceptors (Lipinski definition) is 2. The average Bonchev–Trinajstić information content (AvgIpc) is 2.50. The van der Waals surface area contributed by atoms with Crippen LogP contribution in [0.3, 0.4) is 0 Å². The van der Waals surface area contributed by atoms with E-state index in [1.165, 1.54) is 49.1 Å². The van der Waals surface area contributed by atoms with Crippen molar-refractivity contribution in [2.45, 2.75) is 37.9 Å². The highest BCUT2D eigenvalue weighted by Crippen LogP contribution is 2.19. The number of hydrogen-bond donors (Lipinski definition) is 1. The molecule has 114 valence electrons. The van der Waals surface area contributed by atoms with Gasteiger partial charge in [0.15, 0.2) is 0 Å². The summed E-state index contributed by atoms with van der Waals surface area (Å²) < 4.78 is 13.4. The normalized spacial score (nSPS) is 14.6. The summed E-state index contributed by atoms with van der Waals surface area (Å²) in [5, 5.41) is 2.94. The Kier molecular flexibility index (Phi) is 6.80. The topological polar surface area (TPSA) is 29.1 Å². The van der Waals surface area contributed by atoms with Gasteiger partial charge >= 0.3 is 0 Å². The number of benzene rings is 1. The molecule has 0 fully saturated rings. The summed E-state index contributed by atoms with van der Waals surface area (Å²) in [7, 11) is 0. The fourth-order valence-corrected chi connectivity index (χ4v) is 3.26. The standard InChI is InChI=1S/C17H22FNOS/c18-16-9-5-4-8-15(16)12-21-13-17(20)19-11-10-14-6-2-1-3-7-14/h4-6,8-9H,1-3,7,10-13H2,(H,19,20). The van der Waals surface area contributed by atoms with Crippen molar-refractivity contribution in [3.63, 3.8) is 0 Å². The van der Waals surface area contributed by atoms with E-state index in [2.05, 4.69) is 11.4 Å². The lowest BCUT2D eigenvalue weighted by molar-refractivity contribution is -0.118. The minimum atomic E-state index is -0.199. The van der Waals surface area contributed by atoms with E-state index in [1.54, 1.807) is 12.1 Å². The highest BCUT2D eigenvalue weighted by molar-refractivity contribution is 7.99. The van der Waals surface area contributed by atoms with Crippen LogP contribution in [0.15, 0.2) is 35.9 Å². The van der Waals surface area contributed by atoms with Crippen molar-refractivity contribution in [2.24, 2.45) is 0 Å². The third-order valence-corrected chi connectivity index (χ3v) is 4.58. The molecule has 1 aliphatic rings. The number of halogens is 1. The molecule has 2 nitrogen and oxygen atoms in total. The zero-order valence-corrected chi connectivity index (χ0v) is 13.1. The number of rotatable bonds is 7. The molecule has 0 saturated carbocycles. The van der Waals surface area contributed by atoms with Crippen molar-refractivity contribution < 1.29 is 9.18 Å². The maximum Gasteiger partial charge on any atom is 0.230 e. The van der Waals surface area contributed by atoms with Crippen LogP contribution in [0.1, 0.15) is 37.7 Å². The quantitative estimate of drug-likeness (QED) is 0.770. The SMILES string of the molecule is O=C(CSCc1ccccc1F)NCCC1=CCCCC1. The molecule has 0 radical (unpaired) electrons. The molecule has 1 aromatic rings. The van der Waals surface area contributed by atoms with Crippen LogP contribution in [0, 0.1) is 5.82 Å². The van der Waals surface area contributed by atoms with Crippen molar-refractivity contribution >= 4 is 17.7 Å². The zero-order chi connectivity index (χ0) is 14.9. The molecule has 0 atom stereocenters. The first kappa shape index (κ1) is 16.1. The van der Waals surface area contributed by atoms with Gasteiger partial charge in [-0.3, -0.25) is 4.79 Å². The van der Waals surface area contributed by atoms with Gasteiger partial charge < -0.3 is 5.32 Å². The third kappa shape index (κ3) is 5.92. The molecule has 0 saturated heterocycles. The third-order valence-electron chi connectivity index (χ3n) is 3.60. The Balaban J connectivity index is 1.59. The second-order valence-electron chi connectivity index (χ2n) is 5.29. The van der Waals surface area contributed by atoms with Crippen LogP contribution in [0.25, 0.3) is 0 Å². The van der Waals surface area contributed by atoms with Crippen molar-refractivity contribution in [3.8, 4) is 0 Å². The van der Waals surface area contributed by atoms with E-state index in [0.717, 1.165) is 6.42 Å². The highest BCUT2D eigenvalue weighted by Gasteiger charge is 2.06. The molecule has 0 aromatic heterocycles. The first-order chi connectivity index (χ1) is 10.3. The molecule has 0 bridgehead atoms. The van der Waals surface area contributed by atoms with E-state index >= 15 is 0 Å². The molecular weight excluding hydrogens is 285 g/mol. The number of carbonyl (C=O) groups excluding carboxylic acids is 1. The Hall–Kier alpha value is -1.29. The number of nitrogens with one attached hydrogen (secondary N) is 1. The van der Waals surface area contributed by atoms with Crippen LogP contribution in [0.5, 0.6) is 0 Å². The van der Waals surface area contributed by atoms with E-state index in [9.17, 15) is 9.18 Å². The van der Waals surface area contributed by atoms with Crippen molar-refractivity contribution in [1.29, 1.82) is 0 Å². The molecule has 21 heavy (non-hydrogen) atoms. The molecule has 4 heteroatoms. The molecule has 0 heterocycles. The van der Waals surface area contributed by atoms with E-state index < -0.39 is 0 Å². The fourth-order valence-electron chi connectivity index (χ4n) is 2.41. The van der Waals surface area contributed by atoms with E-state index in [4.69, 9.17) is 0 Å². The maximum atomic E-state index is 13.4. The Morgan fingerprint density at radius 2 is 2.14 bits per heavy atom. The summed E-state index contributed by atoms with van der Waals surface area (Å²) in [5.41, 5.74) is 2.13. The molecule has 0 unspecified atom stereocenters. The summed E-state index contributed by atoms with van der Waals surface area (Å²) in [4.78, 5) is 11.7. The van der Waals surface area contributed by atoms with Crippen LogP contribution in [0.4, 0.5) is 4.39 Å². The summed E-state index contributed by atoms with van der Waals surface area (Å²) in [5.74, 6) is 0.751. The first-order valence-corrected chi connectivity index (χ1v) is 8.67. The Morgan fingerprint density at radius 3 is 2.90 bits per heavy atom. The smallest absolute Gasteiger partial charge is 0.230 e. The van der Waals surface area contributed by atoms with Crippen molar-refractivity contribution in [1.82, 2.24) is 5.32 Å². The van der Waals surface area contributed by atoms with E-state index in [1.807, 2.05) is 6.07 Å². The zero-order valence-electron chi connectivity index (χ0n) is 12.2. The Morgan fingerprint density at radius 1 is 1.29 bits per heavy atom. The van der Waals surface area contributed by atoms with Gasteiger partial charge in [0.1, 0.15) is 5.82 Å². The van der Waals surface area contributed by atoms with Gasteiger partial charge in [0.05, 0.1) is 5.75 Å². The van der Waals surface area contributed by atoms with Crippen molar-refractivity contribution in [2.75, 3.05) is 12.3 Å². The van der Waals surface area contributed by atoms with Gasteiger partial charge in [-0.15, -0.1) is 11.8 Å². The maximum absolute atomic E-state index is 13.4. The van der Waals surface area contributed by atoms with Crippen molar-refractivity contribution in [3.05, 3.63) is 47.3 Å². The monoisotopic (exact) mass is 307 g/mol. The molecule has 1 aromatic carbocycles. The van der Waals surface area contributed by atoms with Gasteiger partial charge in [-0.05, 0) is 43.7 Å². The van der Waals surface area contributed by atoms with Gasteiger partial charge in [0.2, 0.25) is 5.91 Å². The van der Waals surface area contributed by atoms with Gasteiger partial charge in [-0.2, -0.15) is 0 Å². The number of thioether (sulfide) groups is 1. The summed E-state index contributed by atoms with van der Waals surface area (Å²) in [6.07, 6.45) is 8.20. The number of carbonyl (C=O) groups is 1. The van der Waals surface area contributed by atoms with E-state index in [0.29, 0.717) is 23.6 Å². The lowest BCUT2D eigenvalue weighted by Crippen LogP contribution is -2.26. The summed E-state index contributed by atoms with van der Waals surface area (Å²) in [6.45, 7) is 0.713. The van der Waals surface area contributed by atoms with Gasteiger partial charge in [0.25, 0.3) is 0 Å². The Labute approximate surface area is 130 Å². The predicted molar refractivity (Wildman–Crippen MR) is 86.7 cm³/mol. The number of allylic oxidation sites excluding steroid dienone is 1. The second kappa shape index (κ2) is 8.88. The van der Waals surface area contributed by atoms with Crippen LogP contribution in [-0.4, -0.2) is 18.2 Å². The van der Waals surface area contributed by atoms with Crippen LogP contribution < -0.4 is 5.32 Å². The predicted octanol–water partition coefficient (Wildman–Crippen LogP) is 4.07. The summed E-state index contributed by atoms with van der Waals surface area (Å²) >= 11 is 1.45. The van der Waals surface area contributed by atoms with Crippen LogP contribution >= 0.6 is 11.8 Å². The molecule has 0 spiro atoms. The molecule has 0 aliphatic heterocycles. The van der Waals surface area contributed by atoms with Crippen LogP contribution in [-0.2, 0) is 10.5 Å². The Bertz CT molecular complexity index is 501. The minimum absolute atomic E-state index is 0.0350. The first-order valence-electron chi connectivity index (χ1n) is 7.51. The van der Waals surface area contributed by atoms with Gasteiger partial charge in [0, 0.05) is 12.3 Å². The summed E-state index contributed by atoms with van der Waals surface area (Å²) in [6, 6.07) is 6.71. The second-order valence-corrected chi connectivity index (χ2v) is 6.28. The molecule has 2 rings (SSSR count). The minimum Gasteiger partial charge on any atom is -0.355 e. The molecule has 1 aliphatic carbocycles. The molecule has 1 N–H and O–H groups in total. The lowest BCUT2D eigenvalue weighted by atomic mass is 9.97. The fraction of sp³-hybridized carbons (Fsp3) is 0.471. The average molecular weight is 307 g/mol. The number of amides is 1. The largest absolute Gasteiger partial charge is 0.355 e. The van der Waals surface area contributed by atoms with E-state index in [-0.39, 0.29) is 11.7 Å². The highest BCUT2D eigenvalue weighted by atomic mass is 32.2. The molecule has 1 amide bonds. The van der Waals surface area contributed by atoms with Crippen LogP contribution in [0.2, 0.25) is 0 Å².